The Morgan fingerprint density at radius 1 is 1.14 bits per heavy atom. The lowest BCUT2D eigenvalue weighted by molar-refractivity contribution is 0.0323. The summed E-state index contributed by atoms with van der Waals surface area (Å²) in [5.74, 6) is 1.89. The van der Waals surface area contributed by atoms with Gasteiger partial charge in [0.25, 0.3) is 0 Å². The number of benzene rings is 1. The molecule has 164 valence electrons. The fourth-order valence-electron chi connectivity index (χ4n) is 3.84. The number of morpholine rings is 1. The van der Waals surface area contributed by atoms with Crippen molar-refractivity contribution in [2.75, 3.05) is 77.0 Å². The maximum atomic E-state index is 10.1. The Hall–Kier alpha value is -1.26. The molecule has 2 aliphatic heterocycles. The molecule has 0 amide bonds. The minimum Gasteiger partial charge on any atom is -0.506 e. The number of piperazine rings is 1. The highest BCUT2D eigenvalue weighted by Gasteiger charge is 2.21. The summed E-state index contributed by atoms with van der Waals surface area (Å²) in [6.45, 7) is 14.5. The van der Waals surface area contributed by atoms with Crippen LogP contribution in [0.1, 0.15) is 13.8 Å². The summed E-state index contributed by atoms with van der Waals surface area (Å²) < 4.78 is 5.43. The molecule has 2 heterocycles. The second-order valence-corrected chi connectivity index (χ2v) is 7.68. The van der Waals surface area contributed by atoms with Crippen molar-refractivity contribution in [3.63, 3.8) is 0 Å². The van der Waals surface area contributed by atoms with Crippen LogP contribution in [0.15, 0.2) is 29.3 Å². The van der Waals surface area contributed by atoms with E-state index in [0.29, 0.717) is 11.7 Å². The van der Waals surface area contributed by atoms with E-state index >= 15 is 0 Å². The topological polar surface area (TPSA) is 63.6 Å². The van der Waals surface area contributed by atoms with Gasteiger partial charge in [-0.15, -0.1) is 24.0 Å². The van der Waals surface area contributed by atoms with E-state index in [2.05, 4.69) is 33.9 Å². The first-order valence-corrected chi connectivity index (χ1v) is 10.5. The first-order chi connectivity index (χ1) is 13.7. The van der Waals surface area contributed by atoms with Gasteiger partial charge in [0.05, 0.1) is 18.9 Å². The highest BCUT2D eigenvalue weighted by Crippen LogP contribution is 2.27. The van der Waals surface area contributed by atoms with Crippen LogP contribution >= 0.6 is 24.0 Å². The van der Waals surface area contributed by atoms with Gasteiger partial charge >= 0.3 is 0 Å². The van der Waals surface area contributed by atoms with Crippen molar-refractivity contribution in [3.8, 4) is 5.75 Å². The normalized spacial score (nSPS) is 19.6. The molecule has 2 saturated heterocycles. The number of aliphatic imine (C=N–C) groups is 1. The lowest BCUT2D eigenvalue weighted by Crippen LogP contribution is -2.52. The van der Waals surface area contributed by atoms with Gasteiger partial charge in [0.2, 0.25) is 0 Å². The van der Waals surface area contributed by atoms with Crippen LogP contribution in [0.2, 0.25) is 0 Å². The van der Waals surface area contributed by atoms with Crippen molar-refractivity contribution in [1.82, 2.24) is 15.1 Å². The zero-order valence-electron chi connectivity index (χ0n) is 17.7. The molecule has 2 N–H and O–H groups in total. The standard InChI is InChI=1S/C21H35N5O2.HI/c1-3-22-21(23-16-18(2)17-24-12-14-28-15-13-24)26-10-8-25(9-11-26)19-6-4-5-7-20(19)27;/h4-7,18,27H,3,8-17H2,1-2H3,(H,22,23);1H. The van der Waals surface area contributed by atoms with Gasteiger partial charge in [-0.2, -0.15) is 0 Å². The second kappa shape index (κ2) is 12.4. The van der Waals surface area contributed by atoms with Crippen LogP contribution in [0.25, 0.3) is 0 Å². The minimum atomic E-state index is 0. The van der Waals surface area contributed by atoms with Crippen LogP contribution in [0.3, 0.4) is 0 Å². The van der Waals surface area contributed by atoms with Gasteiger partial charge in [0, 0.05) is 58.9 Å². The van der Waals surface area contributed by atoms with E-state index in [0.717, 1.165) is 83.8 Å². The van der Waals surface area contributed by atoms with Gasteiger partial charge in [0.1, 0.15) is 5.75 Å². The van der Waals surface area contributed by atoms with Crippen molar-refractivity contribution < 1.29 is 9.84 Å². The van der Waals surface area contributed by atoms with E-state index in [1.54, 1.807) is 6.07 Å². The fourth-order valence-corrected chi connectivity index (χ4v) is 3.84. The summed E-state index contributed by atoms with van der Waals surface area (Å²) in [7, 11) is 0. The van der Waals surface area contributed by atoms with Crippen molar-refractivity contribution in [1.29, 1.82) is 0 Å². The number of halogens is 1. The van der Waals surface area contributed by atoms with E-state index < -0.39 is 0 Å². The number of nitrogens with zero attached hydrogens (tertiary/aromatic N) is 4. The second-order valence-electron chi connectivity index (χ2n) is 7.68. The number of guanidine groups is 1. The molecule has 7 nitrogen and oxygen atoms in total. The highest BCUT2D eigenvalue weighted by molar-refractivity contribution is 14.0. The van der Waals surface area contributed by atoms with Crippen molar-refractivity contribution in [2.45, 2.75) is 13.8 Å². The number of phenolic OH excluding ortho intramolecular Hbond substituents is 1. The van der Waals surface area contributed by atoms with Gasteiger partial charge in [-0.1, -0.05) is 19.1 Å². The monoisotopic (exact) mass is 517 g/mol. The molecule has 0 saturated carbocycles. The van der Waals surface area contributed by atoms with E-state index in [-0.39, 0.29) is 24.0 Å². The summed E-state index contributed by atoms with van der Waals surface area (Å²) in [6, 6.07) is 7.58. The Morgan fingerprint density at radius 2 is 1.83 bits per heavy atom. The number of phenols is 1. The summed E-state index contributed by atoms with van der Waals surface area (Å²) in [5, 5.41) is 13.6. The molecule has 0 bridgehead atoms. The average molecular weight is 517 g/mol. The predicted molar refractivity (Wildman–Crippen MR) is 130 cm³/mol. The molecule has 8 heteroatoms. The molecule has 1 aromatic rings. The van der Waals surface area contributed by atoms with Crippen LogP contribution in [-0.2, 0) is 4.74 Å². The number of aromatic hydroxyl groups is 1. The Kier molecular flexibility index (Phi) is 10.3. The zero-order valence-corrected chi connectivity index (χ0v) is 20.0. The van der Waals surface area contributed by atoms with E-state index in [1.165, 1.54) is 0 Å². The smallest absolute Gasteiger partial charge is 0.194 e. The fraction of sp³-hybridized carbons (Fsp3) is 0.667. The summed E-state index contributed by atoms with van der Waals surface area (Å²) in [6.07, 6.45) is 0. The third kappa shape index (κ3) is 7.18. The van der Waals surface area contributed by atoms with E-state index in [1.807, 2.05) is 18.2 Å². The molecule has 29 heavy (non-hydrogen) atoms. The molecule has 3 rings (SSSR count). The van der Waals surface area contributed by atoms with Crippen LogP contribution in [0.4, 0.5) is 5.69 Å². The highest BCUT2D eigenvalue weighted by atomic mass is 127. The summed E-state index contributed by atoms with van der Waals surface area (Å²) in [4.78, 5) is 12.0. The van der Waals surface area contributed by atoms with Crippen LogP contribution in [0.5, 0.6) is 5.75 Å². The molecule has 2 fully saturated rings. The van der Waals surface area contributed by atoms with Crippen molar-refractivity contribution in [2.24, 2.45) is 10.9 Å². The first-order valence-electron chi connectivity index (χ1n) is 10.5. The summed E-state index contributed by atoms with van der Waals surface area (Å²) in [5.41, 5.74) is 0.920. The van der Waals surface area contributed by atoms with Gasteiger partial charge in [-0.25, -0.2) is 0 Å². The van der Waals surface area contributed by atoms with Gasteiger partial charge in [0.15, 0.2) is 5.96 Å². The Labute approximate surface area is 192 Å². The van der Waals surface area contributed by atoms with Gasteiger partial charge in [-0.3, -0.25) is 9.89 Å². The van der Waals surface area contributed by atoms with Crippen LogP contribution < -0.4 is 10.2 Å². The third-order valence-electron chi connectivity index (χ3n) is 5.36. The number of rotatable bonds is 6. The number of hydrogen-bond acceptors (Lipinski definition) is 5. The molecule has 2 aliphatic rings. The number of hydrogen-bond donors (Lipinski definition) is 2. The van der Waals surface area contributed by atoms with Crippen molar-refractivity contribution in [3.05, 3.63) is 24.3 Å². The molecule has 1 unspecified atom stereocenters. The Bertz CT molecular complexity index is 631. The number of ether oxygens (including phenoxy) is 1. The quantitative estimate of drug-likeness (QED) is 0.343. The molecule has 0 spiro atoms. The number of para-hydroxylation sites is 2. The van der Waals surface area contributed by atoms with Crippen LogP contribution in [-0.4, -0.2) is 93.0 Å². The molecule has 1 atom stereocenters. The molecule has 0 aromatic heterocycles. The predicted octanol–water partition coefficient (Wildman–Crippen LogP) is 2.07. The molecular weight excluding hydrogens is 481 g/mol. The maximum absolute atomic E-state index is 10.1. The van der Waals surface area contributed by atoms with Gasteiger partial charge in [-0.05, 0) is 25.0 Å². The largest absolute Gasteiger partial charge is 0.506 e. The molecule has 1 aromatic carbocycles. The number of anilines is 1. The zero-order chi connectivity index (χ0) is 19.8. The Balaban J connectivity index is 0.00000300. The third-order valence-corrected chi connectivity index (χ3v) is 5.36. The van der Waals surface area contributed by atoms with E-state index in [9.17, 15) is 5.11 Å². The number of nitrogens with one attached hydrogen (secondary N) is 1. The molecule has 0 aliphatic carbocycles. The maximum Gasteiger partial charge on any atom is 0.194 e. The van der Waals surface area contributed by atoms with Crippen molar-refractivity contribution >= 4 is 35.6 Å². The minimum absolute atomic E-state index is 0. The van der Waals surface area contributed by atoms with Crippen LogP contribution in [0, 0.1) is 5.92 Å². The lowest BCUT2D eigenvalue weighted by Gasteiger charge is -2.38. The van der Waals surface area contributed by atoms with Gasteiger partial charge < -0.3 is 25.0 Å². The SMILES string of the molecule is CCNC(=NCC(C)CN1CCOCC1)N1CCN(c2ccccc2O)CC1.I. The average Bonchev–Trinajstić information content (AvgIpc) is 2.72. The summed E-state index contributed by atoms with van der Waals surface area (Å²) >= 11 is 0. The molecular formula is C21H36IN5O2. The van der Waals surface area contributed by atoms with E-state index in [4.69, 9.17) is 9.73 Å². The molecule has 0 radical (unpaired) electrons. The lowest BCUT2D eigenvalue weighted by atomic mass is 10.1. The Morgan fingerprint density at radius 3 is 2.48 bits per heavy atom. The first kappa shape index (κ1) is 24.0.